The Morgan fingerprint density at radius 1 is 0.884 bits per heavy atom. The first-order valence-electron chi connectivity index (χ1n) is 13.7. The lowest BCUT2D eigenvalue weighted by molar-refractivity contribution is -0.143. The molecule has 0 N–H and O–H groups in total. The zero-order valence-electron chi connectivity index (χ0n) is 23.9. The molecule has 2 atom stereocenters. The zero-order chi connectivity index (χ0) is 31.5. The normalized spacial score (nSPS) is 19.1. The molecule has 3 heterocycles. The van der Waals surface area contributed by atoms with Crippen molar-refractivity contribution in [2.75, 3.05) is 29.9 Å². The minimum absolute atomic E-state index is 0.0314. The molecule has 0 radical (unpaired) electrons. The van der Waals surface area contributed by atoms with Crippen molar-refractivity contribution in [2.24, 2.45) is 0 Å². The molecule has 3 aromatic rings. The van der Waals surface area contributed by atoms with Gasteiger partial charge in [0.25, 0.3) is 0 Å². The van der Waals surface area contributed by atoms with Gasteiger partial charge in [0.15, 0.2) is 0 Å². The molecule has 12 heteroatoms. The fraction of sp³-hybridized carbons (Fsp3) is 0.419. The number of halogens is 7. The SMILES string of the molecule is Cc1cc(F)ccc1-c1cc(N2CC3CC[C@@H](C2)O3)ncc1N(C)C(=O)C(C)(C)c1cc(C(F)(F)F)cc(C(F)(F)F)c1. The summed E-state index contributed by atoms with van der Waals surface area (Å²) in [7, 11) is 1.39. The summed E-state index contributed by atoms with van der Waals surface area (Å²) >= 11 is 0. The molecule has 0 aliphatic carbocycles. The fourth-order valence-electron chi connectivity index (χ4n) is 5.79. The molecule has 2 aliphatic heterocycles. The molecule has 2 aromatic carbocycles. The van der Waals surface area contributed by atoms with Crippen molar-refractivity contribution in [1.82, 2.24) is 4.98 Å². The lowest BCUT2D eigenvalue weighted by Gasteiger charge is -2.34. The van der Waals surface area contributed by atoms with E-state index in [0.717, 1.165) is 12.8 Å². The Balaban J connectivity index is 1.58. The van der Waals surface area contributed by atoms with Gasteiger partial charge in [-0.05, 0) is 86.7 Å². The number of pyridine rings is 1. The van der Waals surface area contributed by atoms with Crippen LogP contribution in [0.25, 0.3) is 11.1 Å². The highest BCUT2D eigenvalue weighted by atomic mass is 19.4. The van der Waals surface area contributed by atoms with Gasteiger partial charge in [0.05, 0.1) is 40.6 Å². The number of benzene rings is 2. The summed E-state index contributed by atoms with van der Waals surface area (Å²) in [4.78, 5) is 21.8. The second-order valence-electron chi connectivity index (χ2n) is 11.7. The van der Waals surface area contributed by atoms with Crippen LogP contribution in [0.15, 0.2) is 48.7 Å². The van der Waals surface area contributed by atoms with E-state index in [-0.39, 0.29) is 24.0 Å². The summed E-state index contributed by atoms with van der Waals surface area (Å²) in [6, 6.07) is 7.10. The number of hydrogen-bond acceptors (Lipinski definition) is 4. The number of rotatable bonds is 5. The number of aryl methyl sites for hydroxylation is 1. The standard InChI is InChI=1S/C31H30F7N3O2/c1-17-9-21(32)5-8-24(17)25-13-27(41-15-22-6-7-23(16-41)43-22)39-14-26(25)40(4)28(42)29(2,3)18-10-19(30(33,34)35)12-20(11-18)31(36,37)38/h5,8-14,22-23H,6-7,15-16H2,1-4H3/t22-,23?/m0/s1. The number of anilines is 2. The van der Waals surface area contributed by atoms with Crippen molar-refractivity contribution in [2.45, 2.75) is 63.6 Å². The smallest absolute Gasteiger partial charge is 0.371 e. The number of carbonyl (C=O) groups is 1. The van der Waals surface area contributed by atoms with Gasteiger partial charge in [0.1, 0.15) is 11.6 Å². The number of ether oxygens (including phenoxy) is 1. The average Bonchev–Trinajstić information content (AvgIpc) is 3.27. The van der Waals surface area contributed by atoms with Crippen LogP contribution in [0.1, 0.15) is 48.9 Å². The zero-order valence-corrected chi connectivity index (χ0v) is 23.9. The highest BCUT2D eigenvalue weighted by Gasteiger charge is 2.41. The van der Waals surface area contributed by atoms with Crippen LogP contribution >= 0.6 is 0 Å². The molecule has 2 fully saturated rings. The van der Waals surface area contributed by atoms with Gasteiger partial charge in [-0.25, -0.2) is 9.37 Å². The molecule has 1 amide bonds. The fourth-order valence-corrected chi connectivity index (χ4v) is 5.79. The summed E-state index contributed by atoms with van der Waals surface area (Å²) in [6.45, 7) is 5.47. The number of likely N-dealkylation sites (N-methyl/N-ethyl adjacent to an activating group) is 1. The van der Waals surface area contributed by atoms with Gasteiger partial charge in [-0.15, -0.1) is 0 Å². The molecule has 0 saturated carbocycles. The summed E-state index contributed by atoms with van der Waals surface area (Å²) in [5.74, 6) is -0.618. The van der Waals surface area contributed by atoms with Gasteiger partial charge in [0.2, 0.25) is 5.91 Å². The lowest BCUT2D eigenvalue weighted by atomic mass is 9.81. The van der Waals surface area contributed by atoms with Crippen molar-refractivity contribution in [3.05, 3.63) is 76.7 Å². The molecule has 1 aromatic heterocycles. The molecule has 0 spiro atoms. The minimum Gasteiger partial charge on any atom is -0.371 e. The maximum absolute atomic E-state index is 14.0. The molecular formula is C31H30F7N3O2. The van der Waals surface area contributed by atoms with E-state index in [4.69, 9.17) is 4.74 Å². The first-order chi connectivity index (χ1) is 19.9. The van der Waals surface area contributed by atoms with Crippen molar-refractivity contribution < 1.29 is 40.3 Å². The number of amides is 1. The number of fused-ring (bicyclic) bond motifs is 2. The summed E-state index contributed by atoms with van der Waals surface area (Å²) < 4.78 is 101. The topological polar surface area (TPSA) is 45.7 Å². The first kappa shape index (κ1) is 30.8. The van der Waals surface area contributed by atoms with Gasteiger partial charge in [-0.2, -0.15) is 26.3 Å². The van der Waals surface area contributed by atoms with E-state index in [0.29, 0.717) is 47.7 Å². The van der Waals surface area contributed by atoms with Crippen LogP contribution in [0.2, 0.25) is 0 Å². The Kier molecular flexibility index (Phi) is 7.73. The van der Waals surface area contributed by atoms with Crippen LogP contribution in [0.3, 0.4) is 0 Å². The van der Waals surface area contributed by atoms with Crippen LogP contribution in [0.4, 0.5) is 42.2 Å². The highest BCUT2D eigenvalue weighted by Crippen LogP contribution is 2.41. The maximum Gasteiger partial charge on any atom is 0.416 e. The predicted octanol–water partition coefficient (Wildman–Crippen LogP) is 7.54. The number of hydrogen-bond donors (Lipinski definition) is 0. The largest absolute Gasteiger partial charge is 0.416 e. The van der Waals surface area contributed by atoms with E-state index in [9.17, 15) is 35.5 Å². The highest BCUT2D eigenvalue weighted by molar-refractivity contribution is 6.03. The molecule has 1 unspecified atom stereocenters. The molecule has 2 saturated heterocycles. The molecule has 5 nitrogen and oxygen atoms in total. The Morgan fingerprint density at radius 2 is 1.44 bits per heavy atom. The van der Waals surface area contributed by atoms with Crippen molar-refractivity contribution >= 4 is 17.4 Å². The van der Waals surface area contributed by atoms with Gasteiger partial charge < -0.3 is 14.5 Å². The molecule has 43 heavy (non-hydrogen) atoms. The Hall–Kier alpha value is -3.67. The van der Waals surface area contributed by atoms with Crippen molar-refractivity contribution in [1.29, 1.82) is 0 Å². The van der Waals surface area contributed by atoms with E-state index in [2.05, 4.69) is 9.88 Å². The number of alkyl halides is 6. The summed E-state index contributed by atoms with van der Waals surface area (Å²) in [5.41, 5.74) is -3.35. The third kappa shape index (κ3) is 6.07. The van der Waals surface area contributed by atoms with E-state index >= 15 is 0 Å². The van der Waals surface area contributed by atoms with Crippen molar-refractivity contribution in [3.63, 3.8) is 0 Å². The molecule has 2 aliphatic rings. The average molecular weight is 610 g/mol. The minimum atomic E-state index is -5.06. The van der Waals surface area contributed by atoms with Gasteiger partial charge in [0, 0.05) is 25.7 Å². The second-order valence-corrected chi connectivity index (χ2v) is 11.7. The Labute approximate surface area is 244 Å². The number of aromatic nitrogens is 1. The maximum atomic E-state index is 14.0. The van der Waals surface area contributed by atoms with E-state index in [1.807, 2.05) is 0 Å². The van der Waals surface area contributed by atoms with Crippen LogP contribution in [-0.4, -0.2) is 43.2 Å². The number of carbonyl (C=O) groups excluding carboxylic acids is 1. The number of morpholine rings is 1. The third-order valence-electron chi connectivity index (χ3n) is 8.22. The van der Waals surface area contributed by atoms with Gasteiger partial charge in [-0.1, -0.05) is 6.07 Å². The Bertz CT molecular complexity index is 1510. The Morgan fingerprint density at radius 3 is 1.98 bits per heavy atom. The predicted molar refractivity (Wildman–Crippen MR) is 147 cm³/mol. The quantitative estimate of drug-likeness (QED) is 0.281. The first-order valence-corrected chi connectivity index (χ1v) is 13.7. The van der Waals surface area contributed by atoms with Crippen molar-refractivity contribution in [3.8, 4) is 11.1 Å². The van der Waals surface area contributed by atoms with E-state index in [1.54, 1.807) is 19.1 Å². The lowest BCUT2D eigenvalue weighted by Crippen LogP contribution is -2.43. The van der Waals surface area contributed by atoms with Crippen LogP contribution < -0.4 is 9.80 Å². The van der Waals surface area contributed by atoms with Crippen LogP contribution in [0.5, 0.6) is 0 Å². The van der Waals surface area contributed by atoms with Crippen LogP contribution in [0, 0.1) is 12.7 Å². The van der Waals surface area contributed by atoms with Gasteiger partial charge >= 0.3 is 12.4 Å². The van der Waals surface area contributed by atoms with Gasteiger partial charge in [-0.3, -0.25) is 4.79 Å². The summed E-state index contributed by atoms with van der Waals surface area (Å²) in [5, 5.41) is 0. The van der Waals surface area contributed by atoms with Crippen LogP contribution in [-0.2, 0) is 27.3 Å². The van der Waals surface area contributed by atoms with E-state index in [1.165, 1.54) is 44.1 Å². The molecule has 2 bridgehead atoms. The van der Waals surface area contributed by atoms with E-state index < -0.39 is 46.2 Å². The third-order valence-corrected chi connectivity index (χ3v) is 8.22. The molecular weight excluding hydrogens is 579 g/mol. The monoisotopic (exact) mass is 609 g/mol. The number of nitrogens with zero attached hydrogens (tertiary/aromatic N) is 3. The summed E-state index contributed by atoms with van der Waals surface area (Å²) in [6.07, 6.45) is -6.68. The molecule has 5 rings (SSSR count). The molecule has 230 valence electrons. The second kappa shape index (κ2) is 10.8.